The van der Waals surface area contributed by atoms with Gasteiger partial charge in [0, 0.05) is 28.2 Å². The molecule has 0 bridgehead atoms. The Morgan fingerprint density at radius 1 is 1.05 bits per heavy atom. The number of nitrogens with zero attached hydrogens (tertiary/aromatic N) is 2. The van der Waals surface area contributed by atoms with E-state index in [4.69, 9.17) is 27.9 Å². The van der Waals surface area contributed by atoms with Crippen LogP contribution >= 0.6 is 23.2 Å². The lowest BCUT2D eigenvalue weighted by molar-refractivity contribution is -0.141. The lowest BCUT2D eigenvalue weighted by atomic mass is 9.95. The van der Waals surface area contributed by atoms with Gasteiger partial charge in [-0.1, -0.05) is 23.2 Å². The minimum atomic E-state index is -1.02. The molecule has 2 heterocycles. The SMILES string of the molecule is C[C@@H](c1cc(Cl)cc(Cl)c1)N1CCC(COc2cc(F)c(C(=O)N3[C@@H]4C[C@@H]4C[C@H]3C(=O)O)cc2C2CC2)CC1. The third kappa shape index (κ3) is 5.50. The Hall–Kier alpha value is -2.35. The highest BCUT2D eigenvalue weighted by atomic mass is 35.5. The Labute approximate surface area is 238 Å². The Balaban J connectivity index is 1.10. The normalized spacial score (nSPS) is 25.8. The number of ether oxygens (including phenoxy) is 1. The van der Waals surface area contributed by atoms with Crippen molar-refractivity contribution in [3.05, 3.63) is 62.9 Å². The van der Waals surface area contributed by atoms with Gasteiger partial charge >= 0.3 is 5.97 Å². The number of halogens is 3. The van der Waals surface area contributed by atoms with Crippen molar-refractivity contribution in [2.75, 3.05) is 19.7 Å². The molecule has 6 rings (SSSR count). The Morgan fingerprint density at radius 3 is 2.38 bits per heavy atom. The maximum atomic E-state index is 15.3. The molecule has 2 saturated carbocycles. The van der Waals surface area contributed by atoms with Crippen LogP contribution in [0.5, 0.6) is 5.75 Å². The van der Waals surface area contributed by atoms with Gasteiger partial charge in [0.1, 0.15) is 17.6 Å². The largest absolute Gasteiger partial charge is 0.493 e. The fourth-order valence-corrected chi connectivity index (χ4v) is 6.97. The maximum Gasteiger partial charge on any atom is 0.326 e. The van der Waals surface area contributed by atoms with Crippen molar-refractivity contribution < 1.29 is 23.8 Å². The van der Waals surface area contributed by atoms with Crippen molar-refractivity contribution >= 4 is 35.1 Å². The molecule has 2 aliphatic carbocycles. The number of carbonyl (C=O) groups excluding carboxylic acids is 1. The second-order valence-electron chi connectivity index (χ2n) is 11.7. The van der Waals surface area contributed by atoms with Gasteiger partial charge in [-0.05, 0) is 112 Å². The Morgan fingerprint density at radius 2 is 1.74 bits per heavy atom. The lowest BCUT2D eigenvalue weighted by Crippen LogP contribution is -2.43. The summed E-state index contributed by atoms with van der Waals surface area (Å²) in [6, 6.07) is 7.89. The molecule has 0 radical (unpaired) electrons. The number of likely N-dealkylation sites (tertiary alicyclic amines) is 2. The number of carboxylic acids is 1. The first-order valence-corrected chi connectivity index (χ1v) is 14.7. The van der Waals surface area contributed by atoms with Crippen molar-refractivity contribution in [3.8, 4) is 5.75 Å². The summed E-state index contributed by atoms with van der Waals surface area (Å²) in [5.41, 5.74) is 1.93. The van der Waals surface area contributed by atoms with Crippen LogP contribution in [0.1, 0.15) is 78.9 Å². The van der Waals surface area contributed by atoms with E-state index < -0.39 is 23.7 Å². The Bertz CT molecular complexity index is 1270. The monoisotopic (exact) mass is 574 g/mol. The predicted molar refractivity (Wildman–Crippen MR) is 147 cm³/mol. The van der Waals surface area contributed by atoms with Crippen LogP contribution in [0, 0.1) is 17.7 Å². The standard InChI is InChI=1S/C30H33Cl2FN2O4/c1-16(19-8-21(31)12-22(32)9-19)34-6-4-17(5-7-34)15-39-28-14-25(33)24(13-23(28)18-2-3-18)29(36)35-26-10-20(26)11-27(35)30(37)38/h8-9,12-14,16-18,20,26-27H,2-7,10-11,15H2,1H3,(H,37,38)/t16-,20+,26+,27-/m0/s1. The average molecular weight is 576 g/mol. The molecular formula is C30H33Cl2FN2O4. The molecule has 4 aliphatic rings. The molecule has 2 saturated heterocycles. The molecule has 4 atom stereocenters. The molecule has 0 unspecified atom stereocenters. The highest BCUT2D eigenvalue weighted by Crippen LogP contribution is 2.49. The summed E-state index contributed by atoms with van der Waals surface area (Å²) in [5, 5.41) is 10.9. The molecule has 2 aliphatic heterocycles. The number of piperidine rings is 2. The molecule has 0 aromatic heterocycles. The van der Waals surface area contributed by atoms with Gasteiger partial charge < -0.3 is 14.7 Å². The second kappa shape index (κ2) is 10.6. The molecule has 2 aromatic carbocycles. The van der Waals surface area contributed by atoms with Gasteiger partial charge in [0.05, 0.1) is 12.2 Å². The van der Waals surface area contributed by atoms with Crippen molar-refractivity contribution in [3.63, 3.8) is 0 Å². The fraction of sp³-hybridized carbons (Fsp3) is 0.533. The minimum Gasteiger partial charge on any atom is -0.493 e. The summed E-state index contributed by atoms with van der Waals surface area (Å²) in [5.74, 6) is -0.840. The van der Waals surface area contributed by atoms with E-state index in [9.17, 15) is 14.7 Å². The van der Waals surface area contributed by atoms with E-state index in [1.165, 1.54) is 11.0 Å². The minimum absolute atomic E-state index is 0.0357. The molecule has 4 fully saturated rings. The first-order chi connectivity index (χ1) is 18.7. The van der Waals surface area contributed by atoms with Gasteiger partial charge in [0.25, 0.3) is 5.91 Å². The van der Waals surface area contributed by atoms with Crippen LogP contribution in [0.4, 0.5) is 4.39 Å². The van der Waals surface area contributed by atoms with Crippen LogP contribution < -0.4 is 4.74 Å². The van der Waals surface area contributed by atoms with Crippen LogP contribution in [0.2, 0.25) is 10.0 Å². The van der Waals surface area contributed by atoms with Gasteiger partial charge in [-0.15, -0.1) is 0 Å². The van der Waals surface area contributed by atoms with Crippen molar-refractivity contribution in [2.24, 2.45) is 11.8 Å². The molecule has 2 aromatic rings. The van der Waals surface area contributed by atoms with Gasteiger partial charge in [0.2, 0.25) is 0 Å². The highest BCUT2D eigenvalue weighted by Gasteiger charge is 2.56. The van der Waals surface area contributed by atoms with Crippen LogP contribution in [-0.4, -0.2) is 58.6 Å². The van der Waals surface area contributed by atoms with E-state index >= 15 is 4.39 Å². The summed E-state index contributed by atoms with van der Waals surface area (Å²) >= 11 is 12.4. The number of carbonyl (C=O) groups is 2. The van der Waals surface area contributed by atoms with E-state index in [-0.39, 0.29) is 29.5 Å². The maximum absolute atomic E-state index is 15.3. The molecule has 1 N–H and O–H groups in total. The number of benzene rings is 2. The Kier molecular flexibility index (Phi) is 7.27. The summed E-state index contributed by atoms with van der Waals surface area (Å²) in [6.07, 6.45) is 5.14. The number of fused-ring (bicyclic) bond motifs is 1. The zero-order valence-electron chi connectivity index (χ0n) is 21.9. The van der Waals surface area contributed by atoms with E-state index in [2.05, 4.69) is 11.8 Å². The van der Waals surface area contributed by atoms with Gasteiger partial charge in [0.15, 0.2) is 0 Å². The molecular weight excluding hydrogens is 542 g/mol. The summed E-state index contributed by atoms with van der Waals surface area (Å²) < 4.78 is 21.5. The van der Waals surface area contributed by atoms with Crippen molar-refractivity contribution in [2.45, 2.75) is 69.5 Å². The third-order valence-electron chi connectivity index (χ3n) is 9.01. The smallest absolute Gasteiger partial charge is 0.326 e. The van der Waals surface area contributed by atoms with Crippen LogP contribution in [0.3, 0.4) is 0 Å². The number of rotatable bonds is 8. The topological polar surface area (TPSA) is 70.1 Å². The van der Waals surface area contributed by atoms with Gasteiger partial charge in [-0.25, -0.2) is 9.18 Å². The highest BCUT2D eigenvalue weighted by molar-refractivity contribution is 6.34. The molecule has 0 spiro atoms. The predicted octanol–water partition coefficient (Wildman–Crippen LogP) is 6.55. The molecule has 9 heteroatoms. The zero-order chi connectivity index (χ0) is 27.4. The molecule has 39 heavy (non-hydrogen) atoms. The number of hydrogen-bond acceptors (Lipinski definition) is 4. The molecule has 6 nitrogen and oxygen atoms in total. The lowest BCUT2D eigenvalue weighted by Gasteiger charge is -2.36. The first kappa shape index (κ1) is 26.9. The number of amides is 1. The first-order valence-electron chi connectivity index (χ1n) is 13.9. The second-order valence-corrected chi connectivity index (χ2v) is 12.6. The van der Waals surface area contributed by atoms with Gasteiger partial charge in [-0.3, -0.25) is 9.69 Å². The van der Waals surface area contributed by atoms with E-state index in [0.717, 1.165) is 56.3 Å². The molecule has 1 amide bonds. The van der Waals surface area contributed by atoms with E-state index in [0.29, 0.717) is 34.7 Å². The average Bonchev–Trinajstić information content (AvgIpc) is 3.84. The van der Waals surface area contributed by atoms with Crippen LogP contribution in [0.25, 0.3) is 0 Å². The number of aliphatic carboxylic acids is 1. The number of carboxylic acid groups (broad SMARTS) is 1. The van der Waals surface area contributed by atoms with E-state index in [1.807, 2.05) is 12.1 Å². The van der Waals surface area contributed by atoms with Crippen LogP contribution in [0.15, 0.2) is 30.3 Å². The quantitative estimate of drug-likeness (QED) is 0.387. The summed E-state index contributed by atoms with van der Waals surface area (Å²) in [4.78, 5) is 28.8. The number of hydrogen-bond donors (Lipinski definition) is 1. The van der Waals surface area contributed by atoms with Crippen molar-refractivity contribution in [1.29, 1.82) is 0 Å². The third-order valence-corrected chi connectivity index (χ3v) is 9.45. The van der Waals surface area contributed by atoms with E-state index in [1.54, 1.807) is 12.1 Å². The molecule has 208 valence electrons. The summed E-state index contributed by atoms with van der Waals surface area (Å²) in [7, 11) is 0. The van der Waals surface area contributed by atoms with Crippen molar-refractivity contribution in [1.82, 2.24) is 9.80 Å². The summed E-state index contributed by atoms with van der Waals surface area (Å²) in [6.45, 7) is 4.49. The zero-order valence-corrected chi connectivity index (χ0v) is 23.4. The van der Waals surface area contributed by atoms with Gasteiger partial charge in [-0.2, -0.15) is 0 Å². The fourth-order valence-electron chi connectivity index (χ4n) is 6.42. The van der Waals surface area contributed by atoms with Crippen LogP contribution in [-0.2, 0) is 4.79 Å².